The first kappa shape index (κ1) is 17.8. The highest BCUT2D eigenvalue weighted by Crippen LogP contribution is 2.21. The summed E-state index contributed by atoms with van der Waals surface area (Å²) in [5.74, 6) is 1.70. The summed E-state index contributed by atoms with van der Waals surface area (Å²) in [6, 6.07) is 8.43. The molecule has 0 radical (unpaired) electrons. The van der Waals surface area contributed by atoms with Gasteiger partial charge in [-0.25, -0.2) is 0 Å². The zero-order valence-corrected chi connectivity index (χ0v) is 14.1. The van der Waals surface area contributed by atoms with Crippen molar-refractivity contribution in [3.8, 4) is 5.75 Å². The molecule has 21 heavy (non-hydrogen) atoms. The molecule has 0 fully saturated rings. The SMILES string of the molecule is CCCN(CCC(C)CC)c1ccc(OCCOC)cc1. The van der Waals surface area contributed by atoms with Gasteiger partial charge in [0, 0.05) is 25.9 Å². The molecule has 1 aromatic rings. The largest absolute Gasteiger partial charge is 0.491 e. The van der Waals surface area contributed by atoms with E-state index in [1.165, 1.54) is 24.9 Å². The van der Waals surface area contributed by atoms with Crippen LogP contribution in [0.4, 0.5) is 5.69 Å². The van der Waals surface area contributed by atoms with Gasteiger partial charge in [-0.05, 0) is 43.0 Å². The number of nitrogens with zero attached hydrogens (tertiary/aromatic N) is 1. The Bertz CT molecular complexity index is 364. The minimum Gasteiger partial charge on any atom is -0.491 e. The highest BCUT2D eigenvalue weighted by molar-refractivity contribution is 5.49. The summed E-state index contributed by atoms with van der Waals surface area (Å²) in [6.45, 7) is 10.3. The molecule has 120 valence electrons. The monoisotopic (exact) mass is 293 g/mol. The van der Waals surface area contributed by atoms with Gasteiger partial charge in [-0.2, -0.15) is 0 Å². The Labute approximate surface area is 130 Å². The van der Waals surface area contributed by atoms with Crippen LogP contribution in [0.25, 0.3) is 0 Å². The number of benzene rings is 1. The highest BCUT2D eigenvalue weighted by atomic mass is 16.5. The highest BCUT2D eigenvalue weighted by Gasteiger charge is 2.08. The van der Waals surface area contributed by atoms with Gasteiger partial charge in [-0.1, -0.05) is 27.2 Å². The second-order valence-corrected chi connectivity index (χ2v) is 5.62. The van der Waals surface area contributed by atoms with Gasteiger partial charge in [0.25, 0.3) is 0 Å². The third-order valence-corrected chi connectivity index (χ3v) is 3.84. The number of anilines is 1. The van der Waals surface area contributed by atoms with E-state index in [-0.39, 0.29) is 0 Å². The molecule has 1 unspecified atom stereocenters. The van der Waals surface area contributed by atoms with Crippen molar-refractivity contribution in [3.05, 3.63) is 24.3 Å². The van der Waals surface area contributed by atoms with Crippen molar-refractivity contribution in [2.24, 2.45) is 5.92 Å². The fourth-order valence-electron chi connectivity index (χ4n) is 2.22. The fraction of sp³-hybridized carbons (Fsp3) is 0.667. The maximum atomic E-state index is 5.61. The number of hydrogen-bond donors (Lipinski definition) is 0. The molecule has 0 saturated carbocycles. The smallest absolute Gasteiger partial charge is 0.119 e. The van der Waals surface area contributed by atoms with E-state index in [1.54, 1.807) is 7.11 Å². The zero-order valence-electron chi connectivity index (χ0n) is 14.1. The van der Waals surface area contributed by atoms with E-state index in [9.17, 15) is 0 Å². The Balaban J connectivity index is 2.57. The predicted molar refractivity (Wildman–Crippen MR) is 90.4 cm³/mol. The molecular formula is C18H31NO2. The Morgan fingerprint density at radius 1 is 1.05 bits per heavy atom. The van der Waals surface area contributed by atoms with Crippen molar-refractivity contribution in [1.82, 2.24) is 0 Å². The Kier molecular flexibility index (Phi) is 8.91. The second kappa shape index (κ2) is 10.5. The summed E-state index contributed by atoms with van der Waals surface area (Å²) in [4.78, 5) is 2.48. The number of hydrogen-bond acceptors (Lipinski definition) is 3. The van der Waals surface area contributed by atoms with Gasteiger partial charge in [0.05, 0.1) is 6.61 Å². The quantitative estimate of drug-likeness (QED) is 0.566. The minimum absolute atomic E-state index is 0.600. The van der Waals surface area contributed by atoms with Crippen LogP contribution in [0.1, 0.15) is 40.0 Å². The molecule has 0 saturated heterocycles. The summed E-state index contributed by atoms with van der Waals surface area (Å²) >= 11 is 0. The van der Waals surface area contributed by atoms with Crippen molar-refractivity contribution in [1.29, 1.82) is 0 Å². The van der Waals surface area contributed by atoms with Gasteiger partial charge in [0.2, 0.25) is 0 Å². The first-order chi connectivity index (χ1) is 10.2. The van der Waals surface area contributed by atoms with Crippen molar-refractivity contribution < 1.29 is 9.47 Å². The standard InChI is InChI=1S/C18H31NO2/c1-5-12-19(13-11-16(3)6-2)17-7-9-18(10-8-17)21-15-14-20-4/h7-10,16H,5-6,11-15H2,1-4H3. The zero-order chi connectivity index (χ0) is 15.5. The fourth-order valence-corrected chi connectivity index (χ4v) is 2.22. The van der Waals surface area contributed by atoms with Crippen LogP contribution in [0.2, 0.25) is 0 Å². The van der Waals surface area contributed by atoms with E-state index in [0.29, 0.717) is 13.2 Å². The molecular weight excluding hydrogens is 262 g/mol. The van der Waals surface area contributed by atoms with Crippen LogP contribution in [-0.4, -0.2) is 33.4 Å². The van der Waals surface area contributed by atoms with Crippen molar-refractivity contribution in [3.63, 3.8) is 0 Å². The minimum atomic E-state index is 0.600. The molecule has 0 bridgehead atoms. The molecule has 0 N–H and O–H groups in total. The van der Waals surface area contributed by atoms with Gasteiger partial charge in [0.1, 0.15) is 12.4 Å². The summed E-state index contributed by atoms with van der Waals surface area (Å²) in [5, 5.41) is 0. The summed E-state index contributed by atoms with van der Waals surface area (Å²) in [6.07, 6.45) is 3.68. The van der Waals surface area contributed by atoms with E-state index >= 15 is 0 Å². The van der Waals surface area contributed by atoms with Crippen molar-refractivity contribution in [2.75, 3.05) is 38.3 Å². The van der Waals surface area contributed by atoms with Gasteiger partial charge in [-0.15, -0.1) is 0 Å². The predicted octanol–water partition coefficient (Wildman–Crippen LogP) is 4.36. The average molecular weight is 293 g/mol. The molecule has 3 nitrogen and oxygen atoms in total. The molecule has 0 aliphatic rings. The molecule has 0 aliphatic carbocycles. The number of ether oxygens (including phenoxy) is 2. The molecule has 0 heterocycles. The lowest BCUT2D eigenvalue weighted by molar-refractivity contribution is 0.146. The van der Waals surface area contributed by atoms with Crippen molar-refractivity contribution >= 4 is 5.69 Å². The molecule has 1 atom stereocenters. The van der Waals surface area contributed by atoms with E-state index in [0.717, 1.165) is 24.8 Å². The molecule has 0 amide bonds. The van der Waals surface area contributed by atoms with Crippen molar-refractivity contribution in [2.45, 2.75) is 40.0 Å². The summed E-state index contributed by atoms with van der Waals surface area (Å²) in [7, 11) is 1.69. The Hall–Kier alpha value is -1.22. The van der Waals surface area contributed by atoms with Crippen LogP contribution < -0.4 is 9.64 Å². The maximum Gasteiger partial charge on any atom is 0.119 e. The molecule has 3 heteroatoms. The lowest BCUT2D eigenvalue weighted by Crippen LogP contribution is -2.26. The molecule has 1 rings (SSSR count). The first-order valence-corrected chi connectivity index (χ1v) is 8.18. The second-order valence-electron chi connectivity index (χ2n) is 5.62. The Morgan fingerprint density at radius 3 is 2.33 bits per heavy atom. The van der Waals surface area contributed by atoms with Gasteiger partial charge in [-0.3, -0.25) is 0 Å². The van der Waals surface area contributed by atoms with E-state index < -0.39 is 0 Å². The summed E-state index contributed by atoms with van der Waals surface area (Å²) < 4.78 is 10.6. The van der Waals surface area contributed by atoms with E-state index in [2.05, 4.69) is 49.9 Å². The van der Waals surface area contributed by atoms with Crippen LogP contribution in [0, 0.1) is 5.92 Å². The van der Waals surface area contributed by atoms with Gasteiger partial charge in [0.15, 0.2) is 0 Å². The topological polar surface area (TPSA) is 21.7 Å². The molecule has 0 spiro atoms. The molecule has 0 aromatic heterocycles. The maximum absolute atomic E-state index is 5.61. The van der Waals surface area contributed by atoms with E-state index in [4.69, 9.17) is 9.47 Å². The van der Waals surface area contributed by atoms with Crippen LogP contribution >= 0.6 is 0 Å². The van der Waals surface area contributed by atoms with E-state index in [1.807, 2.05) is 0 Å². The first-order valence-electron chi connectivity index (χ1n) is 8.18. The van der Waals surface area contributed by atoms with Crippen LogP contribution in [0.5, 0.6) is 5.75 Å². The average Bonchev–Trinajstić information content (AvgIpc) is 2.52. The normalized spacial score (nSPS) is 12.2. The third-order valence-electron chi connectivity index (χ3n) is 3.84. The van der Waals surface area contributed by atoms with Crippen LogP contribution in [0.15, 0.2) is 24.3 Å². The number of methoxy groups -OCH3 is 1. The van der Waals surface area contributed by atoms with Gasteiger partial charge < -0.3 is 14.4 Å². The lowest BCUT2D eigenvalue weighted by Gasteiger charge is -2.26. The molecule has 0 aliphatic heterocycles. The van der Waals surface area contributed by atoms with Crippen LogP contribution in [-0.2, 0) is 4.74 Å². The van der Waals surface area contributed by atoms with Crippen LogP contribution in [0.3, 0.4) is 0 Å². The summed E-state index contributed by atoms with van der Waals surface area (Å²) in [5.41, 5.74) is 1.29. The number of rotatable bonds is 11. The van der Waals surface area contributed by atoms with Gasteiger partial charge >= 0.3 is 0 Å². The molecule has 1 aromatic carbocycles. The third kappa shape index (κ3) is 6.85. The Morgan fingerprint density at radius 2 is 1.76 bits per heavy atom. The lowest BCUT2D eigenvalue weighted by atomic mass is 10.0.